The molecule has 0 unspecified atom stereocenters. The number of benzene rings is 1. The Hall–Kier alpha value is -3.19. The van der Waals surface area contributed by atoms with Gasteiger partial charge in [0, 0.05) is 26.3 Å². The van der Waals surface area contributed by atoms with Gasteiger partial charge in [0.15, 0.2) is 15.9 Å². The Morgan fingerprint density at radius 1 is 1.20 bits per heavy atom. The second kappa shape index (κ2) is 8.28. The normalized spacial score (nSPS) is 10.9. The minimum absolute atomic E-state index is 0.0917. The number of amides is 1. The van der Waals surface area contributed by atoms with Crippen LogP contribution in [0.3, 0.4) is 0 Å². The number of nitrogens with zero attached hydrogens (tertiary/aromatic N) is 6. The van der Waals surface area contributed by atoms with Crippen LogP contribution in [0, 0.1) is 25.2 Å². The van der Waals surface area contributed by atoms with Crippen LogP contribution in [0.2, 0.25) is 0 Å². The van der Waals surface area contributed by atoms with Gasteiger partial charge in [0.25, 0.3) is 5.56 Å². The first kappa shape index (κ1) is 21.5. The summed E-state index contributed by atoms with van der Waals surface area (Å²) in [5.74, 6) is -0.290. The zero-order valence-corrected chi connectivity index (χ0v) is 18.7. The molecule has 0 aliphatic rings. The standard InChI is InChI=1S/C20H21BrN6O3/c1-12-6-7-14(10-13(12)2)26(9-5-8-22)15(28)11-27-17-16(23-19(27)21)18(29)25(4)20(30)24(17)3/h6-7,10H,5,9,11H2,1-4H3. The molecule has 10 heteroatoms. The number of fused-ring (bicyclic) bond motifs is 1. The van der Waals surface area contributed by atoms with Crippen LogP contribution >= 0.6 is 15.9 Å². The maximum atomic E-state index is 13.2. The minimum atomic E-state index is -0.532. The summed E-state index contributed by atoms with van der Waals surface area (Å²) >= 11 is 3.30. The molecular formula is C20H21BrN6O3. The molecule has 0 fully saturated rings. The second-order valence-corrected chi connectivity index (χ2v) is 7.78. The third kappa shape index (κ3) is 3.68. The topological polar surface area (TPSA) is 106 Å². The summed E-state index contributed by atoms with van der Waals surface area (Å²) in [6.07, 6.45) is 0.170. The Morgan fingerprint density at radius 3 is 2.53 bits per heavy atom. The van der Waals surface area contributed by atoms with Crippen LogP contribution in [0.25, 0.3) is 11.2 Å². The number of hydrogen-bond acceptors (Lipinski definition) is 5. The highest BCUT2D eigenvalue weighted by molar-refractivity contribution is 9.10. The molecule has 0 atom stereocenters. The van der Waals surface area contributed by atoms with Gasteiger partial charge in [-0.25, -0.2) is 9.78 Å². The Balaban J connectivity index is 2.08. The molecule has 1 aromatic carbocycles. The van der Waals surface area contributed by atoms with Gasteiger partial charge in [-0.2, -0.15) is 5.26 Å². The molecule has 0 N–H and O–H groups in total. The number of aryl methyl sites for hydroxylation is 3. The van der Waals surface area contributed by atoms with E-state index in [9.17, 15) is 14.4 Å². The van der Waals surface area contributed by atoms with Crippen molar-refractivity contribution in [2.45, 2.75) is 26.8 Å². The average Bonchev–Trinajstić information content (AvgIpc) is 3.04. The molecule has 0 spiro atoms. The van der Waals surface area contributed by atoms with Gasteiger partial charge in [0.05, 0.1) is 12.5 Å². The van der Waals surface area contributed by atoms with E-state index in [0.29, 0.717) is 5.69 Å². The molecule has 0 saturated carbocycles. The first-order valence-corrected chi connectivity index (χ1v) is 10.0. The van der Waals surface area contributed by atoms with Gasteiger partial charge in [-0.15, -0.1) is 0 Å². The van der Waals surface area contributed by atoms with Gasteiger partial charge in [0.2, 0.25) is 5.91 Å². The van der Waals surface area contributed by atoms with Crippen molar-refractivity contribution in [2.24, 2.45) is 14.1 Å². The molecule has 0 bridgehead atoms. The molecule has 1 amide bonds. The highest BCUT2D eigenvalue weighted by Gasteiger charge is 2.22. The Labute approximate surface area is 180 Å². The van der Waals surface area contributed by atoms with Gasteiger partial charge in [0.1, 0.15) is 6.54 Å². The van der Waals surface area contributed by atoms with Crippen molar-refractivity contribution >= 4 is 38.7 Å². The Kier molecular flexibility index (Phi) is 5.94. The van der Waals surface area contributed by atoms with Gasteiger partial charge in [-0.05, 0) is 53.0 Å². The van der Waals surface area contributed by atoms with Crippen LogP contribution in [0.4, 0.5) is 5.69 Å². The van der Waals surface area contributed by atoms with Crippen molar-refractivity contribution < 1.29 is 4.79 Å². The maximum absolute atomic E-state index is 13.2. The number of imidazole rings is 1. The van der Waals surface area contributed by atoms with Crippen molar-refractivity contribution in [1.29, 1.82) is 5.26 Å². The molecule has 0 radical (unpaired) electrons. The Morgan fingerprint density at radius 2 is 1.90 bits per heavy atom. The number of carbonyl (C=O) groups is 1. The predicted molar refractivity (Wildman–Crippen MR) is 116 cm³/mol. The third-order valence-electron chi connectivity index (χ3n) is 5.14. The van der Waals surface area contributed by atoms with E-state index >= 15 is 0 Å². The zero-order chi connectivity index (χ0) is 22.2. The first-order chi connectivity index (χ1) is 14.2. The second-order valence-electron chi connectivity index (χ2n) is 7.07. The molecule has 156 valence electrons. The van der Waals surface area contributed by atoms with Crippen molar-refractivity contribution in [2.75, 3.05) is 11.4 Å². The summed E-state index contributed by atoms with van der Waals surface area (Å²) in [5, 5.41) is 9.02. The molecule has 0 aliphatic carbocycles. The smallest absolute Gasteiger partial charge is 0.310 e. The molecule has 2 aromatic heterocycles. The summed E-state index contributed by atoms with van der Waals surface area (Å²) in [6.45, 7) is 4.01. The fourth-order valence-electron chi connectivity index (χ4n) is 3.28. The zero-order valence-electron chi connectivity index (χ0n) is 17.1. The largest absolute Gasteiger partial charge is 0.332 e. The molecular weight excluding hydrogens is 452 g/mol. The number of halogens is 1. The number of aromatic nitrogens is 4. The lowest BCUT2D eigenvalue weighted by Gasteiger charge is -2.23. The van der Waals surface area contributed by atoms with Crippen molar-refractivity contribution in [1.82, 2.24) is 18.7 Å². The molecule has 9 nitrogen and oxygen atoms in total. The van der Waals surface area contributed by atoms with Crippen molar-refractivity contribution in [3.05, 3.63) is 54.9 Å². The van der Waals surface area contributed by atoms with Crippen molar-refractivity contribution in [3.8, 4) is 6.07 Å². The lowest BCUT2D eigenvalue weighted by atomic mass is 10.1. The van der Waals surface area contributed by atoms with E-state index in [1.807, 2.05) is 32.0 Å². The van der Waals surface area contributed by atoms with Crippen LogP contribution in [0.15, 0.2) is 32.5 Å². The highest BCUT2D eigenvalue weighted by atomic mass is 79.9. The van der Waals surface area contributed by atoms with E-state index in [-0.39, 0.29) is 41.3 Å². The lowest BCUT2D eigenvalue weighted by molar-refractivity contribution is -0.119. The SMILES string of the molecule is Cc1ccc(N(CCC#N)C(=O)Cn2c(Br)nc3c(=O)n(C)c(=O)n(C)c32)cc1C. The lowest BCUT2D eigenvalue weighted by Crippen LogP contribution is -2.38. The fraction of sp³-hybridized carbons (Fsp3) is 0.350. The van der Waals surface area contributed by atoms with Crippen LogP contribution in [-0.4, -0.2) is 31.1 Å². The van der Waals surface area contributed by atoms with Crippen LogP contribution in [-0.2, 0) is 25.4 Å². The minimum Gasteiger partial charge on any atom is -0.310 e. The maximum Gasteiger partial charge on any atom is 0.332 e. The Bertz CT molecular complexity index is 1310. The van der Waals surface area contributed by atoms with E-state index < -0.39 is 11.2 Å². The number of hydrogen-bond donors (Lipinski definition) is 0. The summed E-state index contributed by atoms with van der Waals surface area (Å²) in [6, 6.07) is 7.73. The number of anilines is 1. The van der Waals surface area contributed by atoms with E-state index in [0.717, 1.165) is 15.7 Å². The summed E-state index contributed by atoms with van der Waals surface area (Å²) < 4.78 is 4.02. The van der Waals surface area contributed by atoms with E-state index in [4.69, 9.17) is 5.26 Å². The van der Waals surface area contributed by atoms with Crippen molar-refractivity contribution in [3.63, 3.8) is 0 Å². The summed E-state index contributed by atoms with van der Waals surface area (Å²) in [7, 11) is 2.90. The van der Waals surface area contributed by atoms with Gasteiger partial charge in [-0.1, -0.05) is 6.07 Å². The number of nitriles is 1. The van der Waals surface area contributed by atoms with Crippen LogP contribution in [0.1, 0.15) is 17.5 Å². The molecule has 0 saturated heterocycles. The van der Waals surface area contributed by atoms with Gasteiger partial charge in [-0.3, -0.25) is 23.3 Å². The molecule has 3 rings (SSSR count). The van der Waals surface area contributed by atoms with Gasteiger partial charge < -0.3 is 4.90 Å². The quantitative estimate of drug-likeness (QED) is 0.525. The van der Waals surface area contributed by atoms with E-state index in [1.54, 1.807) is 0 Å². The third-order valence-corrected chi connectivity index (χ3v) is 5.74. The van der Waals surface area contributed by atoms with Gasteiger partial charge >= 0.3 is 5.69 Å². The average molecular weight is 473 g/mol. The van der Waals surface area contributed by atoms with Crippen LogP contribution in [0.5, 0.6) is 0 Å². The predicted octanol–water partition coefficient (Wildman–Crippen LogP) is 1.76. The monoisotopic (exact) mass is 472 g/mol. The molecule has 2 heterocycles. The fourth-order valence-corrected chi connectivity index (χ4v) is 3.75. The van der Waals surface area contributed by atoms with E-state index in [1.165, 1.54) is 28.1 Å². The molecule has 30 heavy (non-hydrogen) atoms. The molecule has 3 aromatic rings. The summed E-state index contributed by atoms with van der Waals surface area (Å²) in [5.41, 5.74) is 2.11. The number of carbonyl (C=O) groups excluding carboxylic acids is 1. The first-order valence-electron chi connectivity index (χ1n) is 9.23. The van der Waals surface area contributed by atoms with Crippen LogP contribution < -0.4 is 16.1 Å². The highest BCUT2D eigenvalue weighted by Crippen LogP contribution is 2.22. The van der Waals surface area contributed by atoms with E-state index in [2.05, 4.69) is 27.0 Å². The number of rotatable bonds is 5. The summed E-state index contributed by atoms with van der Waals surface area (Å²) in [4.78, 5) is 43.8. The molecule has 0 aliphatic heterocycles.